The van der Waals surface area contributed by atoms with Gasteiger partial charge in [-0.1, -0.05) is 31.5 Å². The lowest BCUT2D eigenvalue weighted by molar-refractivity contribution is -0.125. The molecule has 1 aromatic carbocycles. The molecule has 1 N–H and O–H groups in total. The molecule has 2 unspecified atom stereocenters. The summed E-state index contributed by atoms with van der Waals surface area (Å²) in [6.07, 6.45) is 3.04. The summed E-state index contributed by atoms with van der Waals surface area (Å²) in [5, 5.41) is 9.35. The van der Waals surface area contributed by atoms with Gasteiger partial charge in [-0.05, 0) is 55.2 Å². The average Bonchev–Trinajstić information content (AvgIpc) is 3.07. The molecule has 124 valence electrons. The zero-order valence-corrected chi connectivity index (χ0v) is 14.3. The fourth-order valence-electron chi connectivity index (χ4n) is 4.68. The normalized spacial score (nSPS) is 30.1. The summed E-state index contributed by atoms with van der Waals surface area (Å²) in [7, 11) is 0. The number of aliphatic hydroxyl groups is 1. The molecule has 2 aliphatic carbocycles. The van der Waals surface area contributed by atoms with Gasteiger partial charge in [0.2, 0.25) is 0 Å². The largest absolute Gasteiger partial charge is 0.396 e. The lowest BCUT2D eigenvalue weighted by atomic mass is 9.82. The summed E-state index contributed by atoms with van der Waals surface area (Å²) in [5.41, 5.74) is 4.48. The van der Waals surface area contributed by atoms with Gasteiger partial charge in [0.25, 0.3) is 0 Å². The zero-order chi connectivity index (χ0) is 16.7. The number of rotatable bonds is 4. The van der Waals surface area contributed by atoms with E-state index in [2.05, 4.69) is 32.9 Å². The van der Waals surface area contributed by atoms with Crippen molar-refractivity contribution in [2.24, 2.45) is 17.8 Å². The molecule has 0 aromatic heterocycles. The van der Waals surface area contributed by atoms with Gasteiger partial charge in [-0.3, -0.25) is 9.59 Å². The van der Waals surface area contributed by atoms with E-state index in [9.17, 15) is 14.7 Å². The number of carbonyl (C=O) groups is 2. The van der Waals surface area contributed by atoms with Crippen LogP contribution in [-0.4, -0.2) is 23.3 Å². The first-order chi connectivity index (χ1) is 11.0. The van der Waals surface area contributed by atoms with Crippen LogP contribution in [0.2, 0.25) is 0 Å². The first-order valence-corrected chi connectivity index (χ1v) is 8.82. The first kappa shape index (κ1) is 16.4. The third kappa shape index (κ3) is 2.55. The molecule has 2 saturated carbocycles. The molecule has 0 radical (unpaired) electrons. The molecule has 0 bridgehead atoms. The van der Waals surface area contributed by atoms with Crippen LogP contribution in [-0.2, 0) is 22.4 Å². The molecule has 0 spiro atoms. The van der Waals surface area contributed by atoms with Crippen LogP contribution in [0.15, 0.2) is 12.1 Å². The van der Waals surface area contributed by atoms with E-state index in [-0.39, 0.29) is 35.9 Å². The number of hydrogen-bond acceptors (Lipinski definition) is 3. The molecular weight excluding hydrogens is 288 g/mol. The van der Waals surface area contributed by atoms with Gasteiger partial charge in [0.1, 0.15) is 5.92 Å². The van der Waals surface area contributed by atoms with Crippen LogP contribution < -0.4 is 0 Å². The average molecular weight is 314 g/mol. The van der Waals surface area contributed by atoms with Crippen LogP contribution in [0.4, 0.5) is 0 Å². The molecule has 0 saturated heterocycles. The van der Waals surface area contributed by atoms with Crippen molar-refractivity contribution in [3.8, 4) is 0 Å². The zero-order valence-electron chi connectivity index (χ0n) is 14.3. The van der Waals surface area contributed by atoms with Gasteiger partial charge in [0.05, 0.1) is 0 Å². The second kappa shape index (κ2) is 6.20. The predicted molar refractivity (Wildman–Crippen MR) is 89.5 cm³/mol. The van der Waals surface area contributed by atoms with Gasteiger partial charge in [0, 0.05) is 18.4 Å². The Balaban J connectivity index is 2.04. The van der Waals surface area contributed by atoms with Crippen LogP contribution in [0.25, 0.3) is 0 Å². The summed E-state index contributed by atoms with van der Waals surface area (Å²) < 4.78 is 0. The van der Waals surface area contributed by atoms with E-state index in [0.717, 1.165) is 29.5 Å². The van der Waals surface area contributed by atoms with E-state index in [1.807, 2.05) is 0 Å². The monoisotopic (exact) mass is 314 g/mol. The summed E-state index contributed by atoms with van der Waals surface area (Å²) >= 11 is 0. The lowest BCUT2D eigenvalue weighted by Crippen LogP contribution is -2.21. The maximum atomic E-state index is 13.0. The second-order valence-corrected chi connectivity index (χ2v) is 7.17. The van der Waals surface area contributed by atoms with E-state index in [0.29, 0.717) is 12.8 Å². The minimum Gasteiger partial charge on any atom is -0.396 e. The highest BCUT2D eigenvalue weighted by Crippen LogP contribution is 2.49. The van der Waals surface area contributed by atoms with Crippen LogP contribution in [0.3, 0.4) is 0 Å². The molecule has 2 aliphatic rings. The standard InChI is InChI=1S/C20H26O3/c1-4-13-6-11(3)7-14(5-2)17(13)18-19(22)15-8-12(10-21)9-16(15)20(18)23/h6-7,12,15-16,18,21H,4-5,8-10H2,1-3H3. The lowest BCUT2D eigenvalue weighted by Gasteiger charge is -2.20. The second-order valence-electron chi connectivity index (χ2n) is 7.17. The van der Waals surface area contributed by atoms with Crippen molar-refractivity contribution in [3.63, 3.8) is 0 Å². The number of ketones is 2. The summed E-state index contributed by atoms with van der Waals surface area (Å²) in [6, 6.07) is 4.25. The molecule has 0 amide bonds. The highest BCUT2D eigenvalue weighted by molar-refractivity contribution is 6.16. The Morgan fingerprint density at radius 3 is 1.87 bits per heavy atom. The molecule has 3 nitrogen and oxygen atoms in total. The topological polar surface area (TPSA) is 54.4 Å². The van der Waals surface area contributed by atoms with Crippen molar-refractivity contribution in [1.29, 1.82) is 0 Å². The van der Waals surface area contributed by atoms with E-state index >= 15 is 0 Å². The van der Waals surface area contributed by atoms with E-state index in [1.165, 1.54) is 5.56 Å². The molecule has 0 heterocycles. The van der Waals surface area contributed by atoms with Crippen LogP contribution in [0, 0.1) is 24.7 Å². The third-order valence-electron chi connectivity index (χ3n) is 5.76. The van der Waals surface area contributed by atoms with Crippen molar-refractivity contribution in [1.82, 2.24) is 0 Å². The van der Waals surface area contributed by atoms with Gasteiger partial charge in [-0.2, -0.15) is 0 Å². The van der Waals surface area contributed by atoms with Gasteiger partial charge in [-0.15, -0.1) is 0 Å². The van der Waals surface area contributed by atoms with Crippen molar-refractivity contribution in [2.75, 3.05) is 6.61 Å². The van der Waals surface area contributed by atoms with Gasteiger partial charge in [0.15, 0.2) is 11.6 Å². The number of aliphatic hydroxyl groups excluding tert-OH is 1. The molecule has 23 heavy (non-hydrogen) atoms. The van der Waals surface area contributed by atoms with Crippen molar-refractivity contribution < 1.29 is 14.7 Å². The quantitative estimate of drug-likeness (QED) is 0.869. The Morgan fingerprint density at radius 2 is 1.48 bits per heavy atom. The summed E-state index contributed by atoms with van der Waals surface area (Å²) in [5.74, 6) is -0.572. The van der Waals surface area contributed by atoms with Crippen LogP contribution in [0.1, 0.15) is 54.9 Å². The maximum Gasteiger partial charge on any atom is 0.151 e. The highest BCUT2D eigenvalue weighted by atomic mass is 16.3. The van der Waals surface area contributed by atoms with Crippen LogP contribution >= 0.6 is 0 Å². The third-order valence-corrected chi connectivity index (χ3v) is 5.76. The predicted octanol–water partition coefficient (Wildman–Crippen LogP) is 2.99. The van der Waals surface area contributed by atoms with Gasteiger partial charge < -0.3 is 5.11 Å². The number of hydrogen-bond donors (Lipinski definition) is 1. The first-order valence-electron chi connectivity index (χ1n) is 8.82. The fraction of sp³-hybridized carbons (Fsp3) is 0.600. The Hall–Kier alpha value is -1.48. The van der Waals surface area contributed by atoms with Crippen LogP contribution in [0.5, 0.6) is 0 Å². The Bertz CT molecular complexity index is 597. The molecule has 3 rings (SSSR count). The van der Waals surface area contributed by atoms with Crippen molar-refractivity contribution in [3.05, 3.63) is 34.4 Å². The molecule has 3 heteroatoms. The van der Waals surface area contributed by atoms with Crippen molar-refractivity contribution in [2.45, 2.75) is 52.4 Å². The number of Topliss-reactive ketones (excluding diaryl/α,β-unsaturated/α-hetero) is 2. The number of benzene rings is 1. The van der Waals surface area contributed by atoms with E-state index in [1.54, 1.807) is 0 Å². The molecule has 2 atom stereocenters. The van der Waals surface area contributed by atoms with E-state index < -0.39 is 5.92 Å². The number of fused-ring (bicyclic) bond motifs is 1. The maximum absolute atomic E-state index is 13.0. The number of carbonyl (C=O) groups excluding carboxylic acids is 2. The van der Waals surface area contributed by atoms with Crippen molar-refractivity contribution >= 4 is 11.6 Å². The highest BCUT2D eigenvalue weighted by Gasteiger charge is 2.54. The van der Waals surface area contributed by atoms with Gasteiger partial charge in [-0.25, -0.2) is 0 Å². The minimum atomic E-state index is -0.560. The Labute approximate surface area is 138 Å². The molecule has 1 aromatic rings. The Morgan fingerprint density at radius 1 is 1.00 bits per heavy atom. The smallest absolute Gasteiger partial charge is 0.151 e. The summed E-state index contributed by atoms with van der Waals surface area (Å²) in [6.45, 7) is 6.33. The van der Waals surface area contributed by atoms with Gasteiger partial charge >= 0.3 is 0 Å². The summed E-state index contributed by atoms with van der Waals surface area (Å²) in [4.78, 5) is 26.0. The minimum absolute atomic E-state index is 0.0865. The SMILES string of the molecule is CCc1cc(C)cc(CC)c1C1C(=O)C2CC(CO)CC2C1=O. The molecule has 0 aliphatic heterocycles. The molecule has 2 fully saturated rings. The molecular formula is C20H26O3. The fourth-order valence-corrected chi connectivity index (χ4v) is 4.68. The van der Waals surface area contributed by atoms with E-state index in [4.69, 9.17) is 0 Å². The Kier molecular flexibility index (Phi) is 4.41. The number of aryl methyl sites for hydroxylation is 3.